The normalized spacial score (nSPS) is 11.2. The van der Waals surface area contributed by atoms with Crippen LogP contribution in [0.2, 0.25) is 0 Å². The van der Waals surface area contributed by atoms with Gasteiger partial charge in [0.15, 0.2) is 0 Å². The number of hydrogen-bond donors (Lipinski definition) is 0. The molecule has 0 saturated carbocycles. The molecule has 4 heteroatoms. The van der Waals surface area contributed by atoms with Gasteiger partial charge in [-0.15, -0.1) is 0 Å². The van der Waals surface area contributed by atoms with Crippen molar-refractivity contribution in [3.05, 3.63) is 23.9 Å². The van der Waals surface area contributed by atoms with Gasteiger partial charge in [0.05, 0.1) is 13.0 Å². The lowest BCUT2D eigenvalue weighted by atomic mass is 9.88. The molecule has 1 aromatic heterocycles. The molecular weight excluding hydrogens is 240 g/mol. The fraction of sp³-hybridized carbons (Fsp3) is 0.600. The Kier molecular flexibility index (Phi) is 5.33. The molecule has 0 aliphatic carbocycles. The molecule has 19 heavy (non-hydrogen) atoms. The third-order valence-corrected chi connectivity index (χ3v) is 2.96. The minimum Gasteiger partial charge on any atom is -0.466 e. The first-order valence-electron chi connectivity index (χ1n) is 6.68. The maximum atomic E-state index is 11.3. The first kappa shape index (κ1) is 15.5. The standard InChI is InChI=1S/C15H24N2O2/c1-6-19-14(18)9-10-17(5)13-8-7-12(11-16-13)15(2,3)4/h7-8,11H,6,9-10H2,1-5H3. The molecule has 1 heterocycles. The van der Waals surface area contributed by atoms with Crippen LogP contribution >= 0.6 is 0 Å². The highest BCUT2D eigenvalue weighted by molar-refractivity contribution is 5.70. The van der Waals surface area contributed by atoms with E-state index in [1.54, 1.807) is 0 Å². The summed E-state index contributed by atoms with van der Waals surface area (Å²) < 4.78 is 4.91. The summed E-state index contributed by atoms with van der Waals surface area (Å²) in [7, 11) is 1.93. The molecule has 0 aromatic carbocycles. The van der Waals surface area contributed by atoms with Crippen molar-refractivity contribution in [1.82, 2.24) is 4.98 Å². The SMILES string of the molecule is CCOC(=O)CCN(C)c1ccc(C(C)(C)C)cn1. The van der Waals surface area contributed by atoms with Crippen LogP contribution in [0.3, 0.4) is 0 Å². The minimum absolute atomic E-state index is 0.106. The molecule has 0 N–H and O–H groups in total. The quantitative estimate of drug-likeness (QED) is 0.767. The van der Waals surface area contributed by atoms with Crippen molar-refractivity contribution in [1.29, 1.82) is 0 Å². The maximum Gasteiger partial charge on any atom is 0.307 e. The molecule has 106 valence electrons. The lowest BCUT2D eigenvalue weighted by molar-refractivity contribution is -0.142. The van der Waals surface area contributed by atoms with Gasteiger partial charge < -0.3 is 9.64 Å². The van der Waals surface area contributed by atoms with Gasteiger partial charge in [-0.2, -0.15) is 0 Å². The second kappa shape index (κ2) is 6.55. The number of anilines is 1. The van der Waals surface area contributed by atoms with Crippen molar-refractivity contribution in [3.8, 4) is 0 Å². The van der Waals surface area contributed by atoms with Crippen LogP contribution < -0.4 is 4.90 Å². The van der Waals surface area contributed by atoms with Gasteiger partial charge in [-0.3, -0.25) is 4.79 Å². The smallest absolute Gasteiger partial charge is 0.307 e. The number of pyridine rings is 1. The van der Waals surface area contributed by atoms with Crippen LogP contribution in [-0.4, -0.2) is 31.2 Å². The maximum absolute atomic E-state index is 11.3. The van der Waals surface area contributed by atoms with Gasteiger partial charge in [0.2, 0.25) is 0 Å². The Morgan fingerprint density at radius 1 is 1.37 bits per heavy atom. The molecule has 0 spiro atoms. The zero-order valence-electron chi connectivity index (χ0n) is 12.6. The third kappa shape index (κ3) is 4.89. The highest BCUT2D eigenvalue weighted by Crippen LogP contribution is 2.22. The summed E-state index contributed by atoms with van der Waals surface area (Å²) >= 11 is 0. The van der Waals surface area contributed by atoms with E-state index in [4.69, 9.17) is 4.74 Å². The zero-order valence-corrected chi connectivity index (χ0v) is 12.6. The van der Waals surface area contributed by atoms with Crippen molar-refractivity contribution in [3.63, 3.8) is 0 Å². The monoisotopic (exact) mass is 264 g/mol. The molecule has 0 atom stereocenters. The molecule has 0 unspecified atom stereocenters. The van der Waals surface area contributed by atoms with E-state index >= 15 is 0 Å². The lowest BCUT2D eigenvalue weighted by Gasteiger charge is -2.21. The Labute approximate surface area is 115 Å². The van der Waals surface area contributed by atoms with E-state index in [0.717, 1.165) is 5.82 Å². The largest absolute Gasteiger partial charge is 0.466 e. The summed E-state index contributed by atoms with van der Waals surface area (Å²) in [4.78, 5) is 17.7. The van der Waals surface area contributed by atoms with E-state index in [9.17, 15) is 4.79 Å². The van der Waals surface area contributed by atoms with Crippen LogP contribution in [0.15, 0.2) is 18.3 Å². The zero-order chi connectivity index (χ0) is 14.5. The Morgan fingerprint density at radius 2 is 2.05 bits per heavy atom. The van der Waals surface area contributed by atoms with Crippen LogP contribution in [-0.2, 0) is 14.9 Å². The Bertz CT molecular complexity index is 407. The molecule has 4 nitrogen and oxygen atoms in total. The molecule has 0 bridgehead atoms. The van der Waals surface area contributed by atoms with Crippen molar-refractivity contribution in [2.24, 2.45) is 0 Å². The van der Waals surface area contributed by atoms with Crippen LogP contribution in [0.5, 0.6) is 0 Å². The van der Waals surface area contributed by atoms with Crippen LogP contribution in [0.1, 0.15) is 39.7 Å². The molecule has 0 saturated heterocycles. The van der Waals surface area contributed by atoms with Crippen molar-refractivity contribution in [2.45, 2.75) is 39.5 Å². The van der Waals surface area contributed by atoms with E-state index in [1.165, 1.54) is 5.56 Å². The highest BCUT2D eigenvalue weighted by Gasteiger charge is 2.14. The summed E-state index contributed by atoms with van der Waals surface area (Å²) in [5.41, 5.74) is 1.31. The van der Waals surface area contributed by atoms with Gasteiger partial charge in [-0.1, -0.05) is 26.8 Å². The van der Waals surface area contributed by atoms with Gasteiger partial charge in [0, 0.05) is 19.8 Å². The minimum atomic E-state index is -0.166. The summed E-state index contributed by atoms with van der Waals surface area (Å²) in [6, 6.07) is 4.08. The summed E-state index contributed by atoms with van der Waals surface area (Å²) in [6.07, 6.45) is 2.28. The average molecular weight is 264 g/mol. The molecular formula is C15H24N2O2. The number of carbonyl (C=O) groups excluding carboxylic acids is 1. The number of hydrogen-bond acceptors (Lipinski definition) is 4. The summed E-state index contributed by atoms with van der Waals surface area (Å²) in [5, 5.41) is 0. The molecule has 1 rings (SSSR count). The van der Waals surface area contributed by atoms with Gasteiger partial charge in [-0.25, -0.2) is 4.98 Å². The number of rotatable bonds is 5. The van der Waals surface area contributed by atoms with E-state index in [-0.39, 0.29) is 11.4 Å². The van der Waals surface area contributed by atoms with E-state index in [1.807, 2.05) is 31.1 Å². The van der Waals surface area contributed by atoms with Gasteiger partial charge >= 0.3 is 5.97 Å². The lowest BCUT2D eigenvalue weighted by Crippen LogP contribution is -2.23. The van der Waals surface area contributed by atoms with Crippen LogP contribution in [0, 0.1) is 0 Å². The number of aromatic nitrogens is 1. The van der Waals surface area contributed by atoms with Crippen molar-refractivity contribution >= 4 is 11.8 Å². The number of carbonyl (C=O) groups is 1. The number of nitrogens with zero attached hydrogens (tertiary/aromatic N) is 2. The Balaban J connectivity index is 2.58. The third-order valence-electron chi connectivity index (χ3n) is 2.96. The van der Waals surface area contributed by atoms with Gasteiger partial charge in [0.1, 0.15) is 5.82 Å². The number of esters is 1. The van der Waals surface area contributed by atoms with E-state index in [0.29, 0.717) is 19.6 Å². The number of ether oxygens (including phenoxy) is 1. The van der Waals surface area contributed by atoms with Crippen LogP contribution in [0.4, 0.5) is 5.82 Å². The second-order valence-corrected chi connectivity index (χ2v) is 5.63. The summed E-state index contributed by atoms with van der Waals surface area (Å²) in [6.45, 7) is 9.34. The van der Waals surface area contributed by atoms with E-state index < -0.39 is 0 Å². The first-order chi connectivity index (χ1) is 8.84. The van der Waals surface area contributed by atoms with Crippen molar-refractivity contribution < 1.29 is 9.53 Å². The molecule has 0 aliphatic heterocycles. The molecule has 0 amide bonds. The molecule has 0 fully saturated rings. The predicted molar refractivity (Wildman–Crippen MR) is 77.5 cm³/mol. The van der Waals surface area contributed by atoms with Gasteiger partial charge in [0.25, 0.3) is 0 Å². The van der Waals surface area contributed by atoms with E-state index in [2.05, 4.69) is 31.8 Å². The van der Waals surface area contributed by atoms with Crippen molar-refractivity contribution in [2.75, 3.05) is 25.1 Å². The Morgan fingerprint density at radius 3 is 2.53 bits per heavy atom. The topological polar surface area (TPSA) is 42.4 Å². The van der Waals surface area contributed by atoms with Crippen LogP contribution in [0.25, 0.3) is 0 Å². The average Bonchev–Trinajstić information content (AvgIpc) is 2.35. The predicted octanol–water partition coefficient (Wildman–Crippen LogP) is 2.77. The second-order valence-electron chi connectivity index (χ2n) is 5.63. The molecule has 0 aliphatic rings. The fourth-order valence-electron chi connectivity index (χ4n) is 1.66. The molecule has 1 aromatic rings. The Hall–Kier alpha value is -1.58. The fourth-order valence-corrected chi connectivity index (χ4v) is 1.66. The highest BCUT2D eigenvalue weighted by atomic mass is 16.5. The summed E-state index contributed by atoms with van der Waals surface area (Å²) in [5.74, 6) is 0.706. The van der Waals surface area contributed by atoms with Gasteiger partial charge in [-0.05, 0) is 24.0 Å². The molecule has 0 radical (unpaired) electrons. The first-order valence-corrected chi connectivity index (χ1v) is 6.68.